The van der Waals surface area contributed by atoms with Crippen molar-refractivity contribution in [2.75, 3.05) is 26.0 Å². The fourth-order valence-corrected chi connectivity index (χ4v) is 4.17. The minimum Gasteiger partial charge on any atom is -0.497 e. The third-order valence-electron chi connectivity index (χ3n) is 4.41. The van der Waals surface area contributed by atoms with E-state index in [1.54, 1.807) is 18.9 Å². The topological polar surface area (TPSA) is 79.5 Å². The maximum absolute atomic E-state index is 12.5. The number of fused-ring (bicyclic) bond motifs is 1. The van der Waals surface area contributed by atoms with Gasteiger partial charge in [0.25, 0.3) is 0 Å². The summed E-state index contributed by atoms with van der Waals surface area (Å²) in [7, 11) is -1.44. The average Bonchev–Trinajstić information content (AvgIpc) is 2.92. The number of carbonyl (C=O) groups is 1. The molecule has 23 heavy (non-hydrogen) atoms. The van der Waals surface area contributed by atoms with Gasteiger partial charge in [-0.3, -0.25) is 4.79 Å². The van der Waals surface area contributed by atoms with Crippen LogP contribution >= 0.6 is 0 Å². The van der Waals surface area contributed by atoms with E-state index < -0.39 is 15.1 Å². The van der Waals surface area contributed by atoms with Crippen LogP contribution in [0.3, 0.4) is 0 Å². The van der Waals surface area contributed by atoms with Gasteiger partial charge in [0.05, 0.1) is 24.5 Å². The Balaban J connectivity index is 1.78. The molecule has 1 amide bonds. The zero-order chi connectivity index (χ0) is 16.6. The van der Waals surface area contributed by atoms with Crippen molar-refractivity contribution in [1.82, 2.24) is 9.88 Å². The van der Waals surface area contributed by atoms with Crippen LogP contribution in [0.4, 0.5) is 0 Å². The molecule has 0 radical (unpaired) electrons. The highest BCUT2D eigenvalue weighted by molar-refractivity contribution is 7.92. The van der Waals surface area contributed by atoms with E-state index in [1.165, 1.54) is 0 Å². The molecule has 1 atom stereocenters. The molecule has 1 saturated heterocycles. The van der Waals surface area contributed by atoms with Crippen molar-refractivity contribution >= 4 is 26.6 Å². The van der Waals surface area contributed by atoms with E-state index in [9.17, 15) is 13.2 Å². The van der Waals surface area contributed by atoms with Crippen LogP contribution in [0.25, 0.3) is 10.9 Å². The van der Waals surface area contributed by atoms with Gasteiger partial charge in [-0.15, -0.1) is 0 Å². The first-order valence-electron chi connectivity index (χ1n) is 7.54. The Kier molecular flexibility index (Phi) is 4.06. The van der Waals surface area contributed by atoms with Gasteiger partial charge in [0.1, 0.15) is 5.75 Å². The number of benzene rings is 1. The van der Waals surface area contributed by atoms with Gasteiger partial charge < -0.3 is 14.6 Å². The molecule has 0 spiro atoms. The lowest BCUT2D eigenvalue weighted by Gasteiger charge is -2.30. The standard InChI is InChI=1S/C16H20N2O4S/c1-11-10-18(5-6-23(11,20)21)16(19)7-12-9-17-15-4-3-13(22-2)8-14(12)15/h3-4,8-9,11,17H,5-7,10H2,1-2H3. The number of hydrogen-bond acceptors (Lipinski definition) is 4. The Morgan fingerprint density at radius 3 is 2.91 bits per heavy atom. The second kappa shape index (κ2) is 5.88. The van der Waals surface area contributed by atoms with Gasteiger partial charge in [-0.2, -0.15) is 0 Å². The fourth-order valence-electron chi connectivity index (χ4n) is 2.89. The second-order valence-corrected chi connectivity index (χ2v) is 8.46. The van der Waals surface area contributed by atoms with Gasteiger partial charge in [0.15, 0.2) is 9.84 Å². The molecule has 124 valence electrons. The van der Waals surface area contributed by atoms with Crippen molar-refractivity contribution in [3.63, 3.8) is 0 Å². The van der Waals surface area contributed by atoms with Crippen LogP contribution in [0, 0.1) is 0 Å². The molecular formula is C16H20N2O4S. The number of hydrogen-bond donors (Lipinski definition) is 1. The zero-order valence-electron chi connectivity index (χ0n) is 13.2. The highest BCUT2D eigenvalue weighted by Gasteiger charge is 2.31. The number of amides is 1. The van der Waals surface area contributed by atoms with Crippen LogP contribution in [-0.2, 0) is 21.1 Å². The number of aromatic amines is 1. The summed E-state index contributed by atoms with van der Waals surface area (Å²) in [5, 5.41) is 0.457. The Hall–Kier alpha value is -2.02. The van der Waals surface area contributed by atoms with Crippen molar-refractivity contribution < 1.29 is 17.9 Å². The van der Waals surface area contributed by atoms with Gasteiger partial charge in [-0.25, -0.2) is 8.42 Å². The van der Waals surface area contributed by atoms with E-state index in [1.807, 2.05) is 24.4 Å². The molecule has 0 bridgehead atoms. The van der Waals surface area contributed by atoms with Crippen molar-refractivity contribution in [2.24, 2.45) is 0 Å². The quantitative estimate of drug-likeness (QED) is 0.918. The highest BCUT2D eigenvalue weighted by atomic mass is 32.2. The molecule has 3 rings (SSSR count). The number of H-pyrrole nitrogens is 1. The van der Waals surface area contributed by atoms with Gasteiger partial charge in [-0.05, 0) is 30.7 Å². The number of rotatable bonds is 3. The first kappa shape index (κ1) is 15.9. The first-order valence-corrected chi connectivity index (χ1v) is 9.25. The monoisotopic (exact) mass is 336 g/mol. The molecule has 1 aliphatic heterocycles. The largest absolute Gasteiger partial charge is 0.497 e. The summed E-state index contributed by atoms with van der Waals surface area (Å²) >= 11 is 0. The summed E-state index contributed by atoms with van der Waals surface area (Å²) in [6, 6.07) is 5.68. The van der Waals surface area contributed by atoms with Crippen molar-refractivity contribution in [3.05, 3.63) is 30.0 Å². The molecule has 0 aliphatic carbocycles. The molecule has 1 aliphatic rings. The number of sulfone groups is 1. The number of nitrogens with zero attached hydrogens (tertiary/aromatic N) is 1. The normalized spacial score (nSPS) is 20.6. The van der Waals surface area contributed by atoms with Crippen LogP contribution in [0.2, 0.25) is 0 Å². The van der Waals surface area contributed by atoms with Gasteiger partial charge in [-0.1, -0.05) is 0 Å². The fraction of sp³-hybridized carbons (Fsp3) is 0.438. The SMILES string of the molecule is COc1ccc2[nH]cc(CC(=O)N3CCS(=O)(=O)C(C)C3)c2c1. The lowest BCUT2D eigenvalue weighted by atomic mass is 10.1. The lowest BCUT2D eigenvalue weighted by molar-refractivity contribution is -0.130. The van der Waals surface area contributed by atoms with E-state index >= 15 is 0 Å². The number of carbonyl (C=O) groups excluding carboxylic acids is 1. The minimum atomic E-state index is -3.05. The predicted molar refractivity (Wildman–Crippen MR) is 88.4 cm³/mol. The molecule has 1 aromatic carbocycles. The van der Waals surface area contributed by atoms with Crippen LogP contribution in [0.15, 0.2) is 24.4 Å². The molecule has 2 aromatic rings. The van der Waals surface area contributed by atoms with E-state index in [2.05, 4.69) is 4.98 Å². The van der Waals surface area contributed by atoms with Gasteiger partial charge in [0, 0.05) is 30.2 Å². The summed E-state index contributed by atoms with van der Waals surface area (Å²) in [4.78, 5) is 17.3. The van der Waals surface area contributed by atoms with Crippen molar-refractivity contribution in [2.45, 2.75) is 18.6 Å². The van der Waals surface area contributed by atoms with Crippen LogP contribution < -0.4 is 4.74 Å². The summed E-state index contributed by atoms with van der Waals surface area (Å²) < 4.78 is 28.7. The lowest BCUT2D eigenvalue weighted by Crippen LogP contribution is -2.48. The van der Waals surface area contributed by atoms with Crippen molar-refractivity contribution in [3.8, 4) is 5.75 Å². The number of ether oxygens (including phenoxy) is 1. The third-order valence-corrected chi connectivity index (χ3v) is 6.53. The Morgan fingerprint density at radius 1 is 1.43 bits per heavy atom. The molecule has 2 heterocycles. The van der Waals surface area contributed by atoms with E-state index in [0.717, 1.165) is 22.2 Å². The zero-order valence-corrected chi connectivity index (χ0v) is 14.0. The Labute approximate surface area is 135 Å². The molecular weight excluding hydrogens is 316 g/mol. The van der Waals surface area contributed by atoms with Crippen LogP contribution in [-0.4, -0.2) is 55.4 Å². The smallest absolute Gasteiger partial charge is 0.227 e. The minimum absolute atomic E-state index is 0.0433. The summed E-state index contributed by atoms with van der Waals surface area (Å²) in [5.74, 6) is 0.737. The molecule has 6 nitrogen and oxygen atoms in total. The second-order valence-electron chi connectivity index (χ2n) is 5.92. The molecule has 1 fully saturated rings. The molecule has 0 saturated carbocycles. The Bertz CT molecular complexity index is 841. The predicted octanol–water partition coefficient (Wildman–Crippen LogP) is 1.36. The number of methoxy groups -OCH3 is 1. The Morgan fingerprint density at radius 2 is 2.22 bits per heavy atom. The van der Waals surface area contributed by atoms with Gasteiger partial charge >= 0.3 is 0 Å². The molecule has 1 aromatic heterocycles. The van der Waals surface area contributed by atoms with E-state index in [4.69, 9.17) is 4.74 Å². The van der Waals surface area contributed by atoms with E-state index in [-0.39, 0.29) is 31.2 Å². The average molecular weight is 336 g/mol. The summed E-state index contributed by atoms with van der Waals surface area (Å²) in [6.45, 7) is 2.20. The maximum Gasteiger partial charge on any atom is 0.227 e. The van der Waals surface area contributed by atoms with Crippen LogP contribution in [0.1, 0.15) is 12.5 Å². The van der Waals surface area contributed by atoms with E-state index in [0.29, 0.717) is 0 Å². The summed E-state index contributed by atoms with van der Waals surface area (Å²) in [5.41, 5.74) is 1.84. The maximum atomic E-state index is 12.5. The van der Waals surface area contributed by atoms with Crippen LogP contribution in [0.5, 0.6) is 5.75 Å². The van der Waals surface area contributed by atoms with Gasteiger partial charge in [0.2, 0.25) is 5.91 Å². The number of nitrogens with one attached hydrogen (secondary N) is 1. The number of aromatic nitrogens is 1. The molecule has 7 heteroatoms. The summed E-state index contributed by atoms with van der Waals surface area (Å²) in [6.07, 6.45) is 2.08. The third kappa shape index (κ3) is 3.06. The highest BCUT2D eigenvalue weighted by Crippen LogP contribution is 2.24. The first-order chi connectivity index (χ1) is 10.9. The molecule has 1 unspecified atom stereocenters. The molecule has 1 N–H and O–H groups in total. The van der Waals surface area contributed by atoms with Crippen molar-refractivity contribution in [1.29, 1.82) is 0 Å².